The predicted octanol–water partition coefficient (Wildman–Crippen LogP) is 4.91. The normalized spacial score (nSPS) is 11.0. The van der Waals surface area contributed by atoms with Gasteiger partial charge in [0.15, 0.2) is 0 Å². The summed E-state index contributed by atoms with van der Waals surface area (Å²) >= 11 is 0. The van der Waals surface area contributed by atoms with E-state index in [0.29, 0.717) is 28.1 Å². The minimum absolute atomic E-state index is 0.0696. The van der Waals surface area contributed by atoms with Crippen LogP contribution in [-0.4, -0.2) is 27.7 Å². The maximum atomic E-state index is 14.3. The standard InChI is InChI=1S/C23H19FN2O3/c1-14-9-10-19-17(12-14)20(16-7-5-11-25-22(16)29-2)21(23(27)28)26(19)13-15-6-3-4-8-18(15)24/h3-12H,13H2,1-2H3,(H,27,28). The fourth-order valence-electron chi connectivity index (χ4n) is 3.67. The van der Waals surface area contributed by atoms with Crippen LogP contribution in [-0.2, 0) is 6.54 Å². The zero-order valence-electron chi connectivity index (χ0n) is 16.0. The highest BCUT2D eigenvalue weighted by Gasteiger charge is 2.26. The maximum Gasteiger partial charge on any atom is 0.353 e. The summed E-state index contributed by atoms with van der Waals surface area (Å²) in [5.74, 6) is -1.14. The van der Waals surface area contributed by atoms with E-state index in [9.17, 15) is 14.3 Å². The van der Waals surface area contributed by atoms with Crippen molar-refractivity contribution < 1.29 is 19.0 Å². The Labute approximate surface area is 167 Å². The van der Waals surface area contributed by atoms with Crippen LogP contribution in [0.25, 0.3) is 22.0 Å². The number of fused-ring (bicyclic) bond motifs is 1. The Morgan fingerprint density at radius 3 is 2.69 bits per heavy atom. The van der Waals surface area contributed by atoms with Gasteiger partial charge < -0.3 is 14.4 Å². The van der Waals surface area contributed by atoms with Crippen LogP contribution in [0.15, 0.2) is 60.8 Å². The molecule has 2 aromatic carbocycles. The van der Waals surface area contributed by atoms with Gasteiger partial charge in [0.2, 0.25) is 5.88 Å². The van der Waals surface area contributed by atoms with E-state index in [1.807, 2.05) is 25.1 Å². The van der Waals surface area contributed by atoms with Crippen LogP contribution >= 0.6 is 0 Å². The molecule has 29 heavy (non-hydrogen) atoms. The number of carboxylic acid groups (broad SMARTS) is 1. The molecule has 0 amide bonds. The summed E-state index contributed by atoms with van der Waals surface area (Å²) in [5, 5.41) is 10.9. The van der Waals surface area contributed by atoms with Crippen LogP contribution in [0.1, 0.15) is 21.6 Å². The summed E-state index contributed by atoms with van der Waals surface area (Å²) in [6.07, 6.45) is 1.59. The van der Waals surface area contributed by atoms with Gasteiger partial charge in [0.05, 0.1) is 13.7 Å². The first-order valence-electron chi connectivity index (χ1n) is 9.10. The van der Waals surface area contributed by atoms with E-state index in [1.165, 1.54) is 13.2 Å². The van der Waals surface area contributed by atoms with Crippen molar-refractivity contribution in [2.75, 3.05) is 7.11 Å². The number of rotatable bonds is 5. The topological polar surface area (TPSA) is 64.3 Å². The van der Waals surface area contributed by atoms with Crippen LogP contribution in [0.2, 0.25) is 0 Å². The molecule has 0 aliphatic rings. The van der Waals surface area contributed by atoms with Gasteiger partial charge in [-0.15, -0.1) is 0 Å². The Morgan fingerprint density at radius 2 is 1.97 bits per heavy atom. The van der Waals surface area contributed by atoms with Crippen LogP contribution in [0.3, 0.4) is 0 Å². The molecule has 4 aromatic rings. The number of halogens is 1. The first-order valence-corrected chi connectivity index (χ1v) is 9.10. The third-order valence-electron chi connectivity index (χ3n) is 4.94. The molecule has 2 aromatic heterocycles. The van der Waals surface area contributed by atoms with E-state index in [1.54, 1.807) is 41.1 Å². The van der Waals surface area contributed by atoms with Gasteiger partial charge in [-0.1, -0.05) is 29.8 Å². The molecular weight excluding hydrogens is 371 g/mol. The predicted molar refractivity (Wildman–Crippen MR) is 109 cm³/mol. The Kier molecular flexibility index (Phi) is 4.76. The lowest BCUT2D eigenvalue weighted by Gasteiger charge is -2.11. The SMILES string of the molecule is COc1ncccc1-c1c(C(=O)O)n(Cc2ccccc2F)c2ccc(C)cc12. The molecule has 4 rings (SSSR count). The number of aromatic nitrogens is 2. The monoisotopic (exact) mass is 390 g/mol. The Hall–Kier alpha value is -3.67. The molecule has 0 fully saturated rings. The quantitative estimate of drug-likeness (QED) is 0.526. The molecule has 6 heteroatoms. The molecule has 0 bridgehead atoms. The maximum absolute atomic E-state index is 14.3. The van der Waals surface area contributed by atoms with Crippen molar-refractivity contribution in [1.82, 2.24) is 9.55 Å². The first-order chi connectivity index (χ1) is 14.0. The molecule has 0 aliphatic heterocycles. The third-order valence-corrected chi connectivity index (χ3v) is 4.94. The van der Waals surface area contributed by atoms with Crippen molar-refractivity contribution in [2.24, 2.45) is 0 Å². The van der Waals surface area contributed by atoms with Crippen molar-refractivity contribution in [2.45, 2.75) is 13.5 Å². The Bertz CT molecular complexity index is 1230. The summed E-state index contributed by atoms with van der Waals surface area (Å²) in [7, 11) is 1.50. The first kappa shape index (κ1) is 18.7. The smallest absolute Gasteiger partial charge is 0.353 e. The van der Waals surface area contributed by atoms with E-state index in [2.05, 4.69) is 4.98 Å². The number of aryl methyl sites for hydroxylation is 1. The highest BCUT2D eigenvalue weighted by molar-refractivity contribution is 6.09. The van der Waals surface area contributed by atoms with E-state index in [0.717, 1.165) is 10.9 Å². The van der Waals surface area contributed by atoms with Crippen LogP contribution < -0.4 is 4.74 Å². The number of carboxylic acids is 1. The minimum Gasteiger partial charge on any atom is -0.481 e. The highest BCUT2D eigenvalue weighted by Crippen LogP contribution is 2.39. The van der Waals surface area contributed by atoms with Gasteiger partial charge in [-0.05, 0) is 37.3 Å². The summed E-state index contributed by atoms with van der Waals surface area (Å²) in [6, 6.07) is 15.6. The van der Waals surface area contributed by atoms with E-state index in [4.69, 9.17) is 4.74 Å². The van der Waals surface area contributed by atoms with Crippen molar-refractivity contribution in [1.29, 1.82) is 0 Å². The summed E-state index contributed by atoms with van der Waals surface area (Å²) < 4.78 is 21.4. The summed E-state index contributed by atoms with van der Waals surface area (Å²) in [4.78, 5) is 16.6. The number of carbonyl (C=O) groups is 1. The third kappa shape index (κ3) is 3.23. The number of nitrogens with zero attached hydrogens (tertiary/aromatic N) is 2. The average molecular weight is 390 g/mol. The lowest BCUT2D eigenvalue weighted by molar-refractivity contribution is 0.0687. The van der Waals surface area contributed by atoms with Gasteiger partial charge in [0, 0.05) is 33.8 Å². The number of pyridine rings is 1. The van der Waals surface area contributed by atoms with Crippen molar-refractivity contribution in [3.8, 4) is 17.0 Å². The molecule has 0 unspecified atom stereocenters. The molecule has 5 nitrogen and oxygen atoms in total. The molecule has 146 valence electrons. The van der Waals surface area contributed by atoms with Crippen molar-refractivity contribution in [3.63, 3.8) is 0 Å². The average Bonchev–Trinajstić information content (AvgIpc) is 3.03. The van der Waals surface area contributed by atoms with Crippen LogP contribution in [0.4, 0.5) is 4.39 Å². The molecule has 1 N–H and O–H groups in total. The van der Waals surface area contributed by atoms with Crippen LogP contribution in [0, 0.1) is 12.7 Å². The number of ether oxygens (including phenoxy) is 1. The Balaban J connectivity index is 2.08. The minimum atomic E-state index is -1.10. The van der Waals surface area contributed by atoms with E-state index >= 15 is 0 Å². The second-order valence-corrected chi connectivity index (χ2v) is 6.79. The molecule has 0 aliphatic carbocycles. The Morgan fingerprint density at radius 1 is 1.17 bits per heavy atom. The number of hydrogen-bond acceptors (Lipinski definition) is 3. The second kappa shape index (κ2) is 7.39. The molecule has 0 spiro atoms. The molecule has 2 heterocycles. The molecular formula is C23H19FN2O3. The molecule has 0 saturated heterocycles. The number of hydrogen-bond donors (Lipinski definition) is 1. The van der Waals surface area contributed by atoms with Gasteiger partial charge in [-0.3, -0.25) is 0 Å². The van der Waals surface area contributed by atoms with E-state index in [-0.39, 0.29) is 18.1 Å². The fraction of sp³-hybridized carbons (Fsp3) is 0.130. The van der Waals surface area contributed by atoms with Crippen molar-refractivity contribution in [3.05, 3.63) is 83.4 Å². The fourth-order valence-corrected chi connectivity index (χ4v) is 3.67. The number of benzene rings is 2. The van der Waals surface area contributed by atoms with Gasteiger partial charge in [0.25, 0.3) is 0 Å². The molecule has 0 radical (unpaired) electrons. The lowest BCUT2D eigenvalue weighted by Crippen LogP contribution is -2.11. The zero-order valence-corrected chi connectivity index (χ0v) is 16.0. The van der Waals surface area contributed by atoms with Gasteiger partial charge in [-0.25, -0.2) is 14.2 Å². The number of methoxy groups -OCH3 is 1. The lowest BCUT2D eigenvalue weighted by atomic mass is 10.0. The number of aromatic carboxylic acids is 1. The van der Waals surface area contributed by atoms with E-state index < -0.39 is 5.97 Å². The van der Waals surface area contributed by atoms with Crippen LogP contribution in [0.5, 0.6) is 5.88 Å². The van der Waals surface area contributed by atoms with Crippen molar-refractivity contribution >= 4 is 16.9 Å². The summed E-state index contributed by atoms with van der Waals surface area (Å²) in [6.45, 7) is 2.04. The second-order valence-electron chi connectivity index (χ2n) is 6.79. The largest absolute Gasteiger partial charge is 0.481 e. The summed E-state index contributed by atoms with van der Waals surface area (Å²) in [5.41, 5.74) is 3.27. The van der Waals surface area contributed by atoms with Gasteiger partial charge >= 0.3 is 5.97 Å². The van der Waals surface area contributed by atoms with Gasteiger partial charge in [-0.2, -0.15) is 0 Å². The van der Waals surface area contributed by atoms with Gasteiger partial charge in [0.1, 0.15) is 11.5 Å². The molecule has 0 atom stereocenters. The zero-order chi connectivity index (χ0) is 20.5. The molecule has 0 saturated carbocycles. The highest BCUT2D eigenvalue weighted by atomic mass is 19.1.